The highest BCUT2D eigenvalue weighted by Gasteiger charge is 2.60. The first-order chi connectivity index (χ1) is 16.8. The van der Waals surface area contributed by atoms with Gasteiger partial charge in [-0.2, -0.15) is 0 Å². The minimum Gasteiger partial charge on any atom is -0.350 e. The molecule has 5 aliphatic rings. The molecular weight excluding hydrogens is 428 g/mol. The SMILES string of the molecule is CC[N+]1(CCNC(=O)CC[C@@H](C)[C@H]2CC[C@H]3[C@@H]4CCC5CCCC[C@]5(C)[C@H]4CC[C@]23C)CCCC1. The summed E-state index contributed by atoms with van der Waals surface area (Å²) in [5.41, 5.74) is 1.18. The van der Waals surface area contributed by atoms with E-state index in [4.69, 9.17) is 0 Å². The van der Waals surface area contributed by atoms with Crippen LogP contribution < -0.4 is 5.32 Å². The van der Waals surface area contributed by atoms with Gasteiger partial charge in [-0.1, -0.05) is 33.6 Å². The number of hydrogen-bond donors (Lipinski definition) is 1. The Labute approximate surface area is 217 Å². The Bertz CT molecular complexity index is 744. The number of rotatable bonds is 8. The van der Waals surface area contributed by atoms with Crippen molar-refractivity contribution in [2.45, 2.75) is 118 Å². The first-order valence-electron chi connectivity index (χ1n) is 15.9. The lowest BCUT2D eigenvalue weighted by molar-refractivity contribution is -0.913. The van der Waals surface area contributed by atoms with Crippen LogP contribution in [-0.4, -0.2) is 43.1 Å². The Balaban J connectivity index is 1.13. The van der Waals surface area contributed by atoms with Crippen LogP contribution in [-0.2, 0) is 4.79 Å². The zero-order valence-electron chi connectivity index (χ0n) is 23.8. The van der Waals surface area contributed by atoms with E-state index in [1.807, 2.05) is 0 Å². The molecule has 3 nitrogen and oxygen atoms in total. The number of carbonyl (C=O) groups excluding carboxylic acids is 1. The van der Waals surface area contributed by atoms with Crippen LogP contribution >= 0.6 is 0 Å². The smallest absolute Gasteiger partial charge is 0.220 e. The number of nitrogens with one attached hydrogen (secondary N) is 1. The number of nitrogens with zero attached hydrogens (tertiary/aromatic N) is 1. The zero-order valence-corrected chi connectivity index (χ0v) is 23.8. The highest BCUT2D eigenvalue weighted by atomic mass is 16.1. The third kappa shape index (κ3) is 4.74. The van der Waals surface area contributed by atoms with Crippen molar-refractivity contribution in [1.82, 2.24) is 5.32 Å². The summed E-state index contributed by atoms with van der Waals surface area (Å²) < 4.78 is 1.22. The van der Waals surface area contributed by atoms with Gasteiger partial charge in [0.15, 0.2) is 0 Å². The van der Waals surface area contributed by atoms with Gasteiger partial charge in [-0.3, -0.25) is 4.79 Å². The van der Waals surface area contributed by atoms with Crippen LogP contribution in [0.5, 0.6) is 0 Å². The Hall–Kier alpha value is -0.570. The second kappa shape index (κ2) is 10.3. The lowest BCUT2D eigenvalue weighted by Crippen LogP contribution is -2.53. The van der Waals surface area contributed by atoms with Crippen LogP contribution in [0.1, 0.15) is 118 Å². The van der Waals surface area contributed by atoms with E-state index in [0.29, 0.717) is 22.7 Å². The van der Waals surface area contributed by atoms with Crippen molar-refractivity contribution in [3.63, 3.8) is 0 Å². The monoisotopic (exact) mass is 485 g/mol. The summed E-state index contributed by atoms with van der Waals surface area (Å²) in [4.78, 5) is 12.7. The van der Waals surface area contributed by atoms with Crippen molar-refractivity contribution in [1.29, 1.82) is 0 Å². The maximum absolute atomic E-state index is 12.7. The molecule has 0 aromatic carbocycles. The molecule has 0 radical (unpaired) electrons. The molecule has 5 fully saturated rings. The zero-order chi connectivity index (χ0) is 24.7. The molecule has 0 spiro atoms. The average molecular weight is 486 g/mol. The minimum absolute atomic E-state index is 0.303. The fraction of sp³-hybridized carbons (Fsp3) is 0.969. The van der Waals surface area contributed by atoms with Crippen molar-refractivity contribution < 1.29 is 9.28 Å². The molecule has 1 N–H and O–H groups in total. The average Bonchev–Trinajstić information content (AvgIpc) is 3.47. The number of carbonyl (C=O) groups is 1. The molecule has 3 heteroatoms. The summed E-state index contributed by atoms with van der Waals surface area (Å²) >= 11 is 0. The van der Waals surface area contributed by atoms with Crippen LogP contribution in [0, 0.1) is 46.3 Å². The van der Waals surface area contributed by atoms with Crippen LogP contribution in [0.25, 0.3) is 0 Å². The topological polar surface area (TPSA) is 29.1 Å². The van der Waals surface area contributed by atoms with Gasteiger partial charge in [0.25, 0.3) is 0 Å². The molecule has 4 saturated carbocycles. The third-order valence-corrected chi connectivity index (χ3v) is 13.3. The molecule has 200 valence electrons. The molecule has 5 rings (SSSR count). The molecule has 8 atom stereocenters. The van der Waals surface area contributed by atoms with Crippen molar-refractivity contribution in [2.24, 2.45) is 46.3 Å². The predicted molar refractivity (Wildman–Crippen MR) is 146 cm³/mol. The van der Waals surface area contributed by atoms with Crippen LogP contribution in [0.4, 0.5) is 0 Å². The van der Waals surface area contributed by atoms with E-state index in [9.17, 15) is 4.79 Å². The molecule has 1 amide bonds. The molecule has 1 heterocycles. The van der Waals surface area contributed by atoms with Gasteiger partial charge in [0, 0.05) is 19.3 Å². The van der Waals surface area contributed by atoms with Crippen LogP contribution in [0.3, 0.4) is 0 Å². The fourth-order valence-corrected chi connectivity index (χ4v) is 11.1. The van der Waals surface area contributed by atoms with Crippen LogP contribution in [0.15, 0.2) is 0 Å². The maximum atomic E-state index is 12.7. The Morgan fingerprint density at radius 3 is 2.46 bits per heavy atom. The summed E-state index contributed by atoms with van der Waals surface area (Å²) in [7, 11) is 0. The Kier molecular flexibility index (Phi) is 7.67. The van der Waals surface area contributed by atoms with Crippen molar-refractivity contribution in [2.75, 3.05) is 32.7 Å². The van der Waals surface area contributed by atoms with Gasteiger partial charge >= 0.3 is 0 Å². The molecular formula is C32H57N2O+. The Morgan fingerprint density at radius 1 is 0.914 bits per heavy atom. The summed E-state index contributed by atoms with van der Waals surface area (Å²) in [5.74, 6) is 5.79. The van der Waals surface area contributed by atoms with E-state index in [2.05, 4.69) is 33.0 Å². The maximum Gasteiger partial charge on any atom is 0.220 e. The predicted octanol–water partition coefficient (Wildman–Crippen LogP) is 7.20. The van der Waals surface area contributed by atoms with E-state index in [-0.39, 0.29) is 0 Å². The first-order valence-corrected chi connectivity index (χ1v) is 15.9. The highest BCUT2D eigenvalue weighted by molar-refractivity contribution is 5.75. The van der Waals surface area contributed by atoms with Gasteiger partial charge in [0.2, 0.25) is 5.91 Å². The number of quaternary nitrogens is 1. The molecule has 1 aliphatic heterocycles. The van der Waals surface area contributed by atoms with E-state index >= 15 is 0 Å². The standard InChI is InChI=1S/C32H56N2O/c1-5-34(21-8-9-22-34)23-20-33-30(35)16-11-24(2)27-14-15-28-26-13-12-25-10-6-7-18-31(25,3)29(26)17-19-32(27,28)4/h24-29H,5-23H2,1-4H3/p+1/t24-,25?,26+,27-,28+,29+,31+,32-/m1/s1. The lowest BCUT2D eigenvalue weighted by atomic mass is 9.44. The molecule has 4 aliphatic carbocycles. The Morgan fingerprint density at radius 2 is 1.69 bits per heavy atom. The number of likely N-dealkylation sites (N-methyl/N-ethyl adjacent to an activating group) is 1. The van der Waals surface area contributed by atoms with Gasteiger partial charge in [-0.05, 0) is 111 Å². The van der Waals surface area contributed by atoms with Crippen molar-refractivity contribution in [3.8, 4) is 0 Å². The van der Waals surface area contributed by atoms with Gasteiger partial charge in [0.1, 0.15) is 0 Å². The summed E-state index contributed by atoms with van der Waals surface area (Å²) in [6, 6.07) is 0. The van der Waals surface area contributed by atoms with E-state index in [1.165, 1.54) is 101 Å². The molecule has 0 aromatic rings. The molecule has 1 saturated heterocycles. The first kappa shape index (κ1) is 26.1. The van der Waals surface area contributed by atoms with E-state index in [0.717, 1.165) is 55.5 Å². The largest absolute Gasteiger partial charge is 0.350 e. The number of amides is 1. The highest BCUT2D eigenvalue weighted by Crippen LogP contribution is 2.68. The van der Waals surface area contributed by atoms with Gasteiger partial charge in [-0.25, -0.2) is 0 Å². The molecule has 35 heavy (non-hydrogen) atoms. The summed E-state index contributed by atoms with van der Waals surface area (Å²) in [6.45, 7) is 16.0. The van der Waals surface area contributed by atoms with Crippen LogP contribution in [0.2, 0.25) is 0 Å². The normalized spacial score (nSPS) is 43.1. The molecule has 0 aromatic heterocycles. The second-order valence-electron chi connectivity index (χ2n) is 14.5. The second-order valence-corrected chi connectivity index (χ2v) is 14.5. The van der Waals surface area contributed by atoms with E-state index < -0.39 is 0 Å². The molecule has 0 bridgehead atoms. The number of fused-ring (bicyclic) bond motifs is 5. The van der Waals surface area contributed by atoms with E-state index in [1.54, 1.807) is 0 Å². The fourth-order valence-electron chi connectivity index (χ4n) is 11.1. The van der Waals surface area contributed by atoms with Crippen molar-refractivity contribution in [3.05, 3.63) is 0 Å². The third-order valence-electron chi connectivity index (χ3n) is 13.3. The van der Waals surface area contributed by atoms with Gasteiger partial charge in [-0.15, -0.1) is 0 Å². The number of hydrogen-bond acceptors (Lipinski definition) is 1. The van der Waals surface area contributed by atoms with Gasteiger partial charge < -0.3 is 9.80 Å². The minimum atomic E-state index is 0.303. The quantitative estimate of drug-likeness (QED) is 0.362. The van der Waals surface area contributed by atoms with Gasteiger partial charge in [0.05, 0.1) is 32.7 Å². The number of likely N-dealkylation sites (tertiary alicyclic amines) is 1. The van der Waals surface area contributed by atoms with Crippen molar-refractivity contribution >= 4 is 5.91 Å². The summed E-state index contributed by atoms with van der Waals surface area (Å²) in [5, 5.41) is 3.29. The lowest BCUT2D eigenvalue weighted by Gasteiger charge is -2.61. The molecule has 1 unspecified atom stereocenters. The summed E-state index contributed by atoms with van der Waals surface area (Å²) in [6.07, 6.45) is 19.4.